The van der Waals surface area contributed by atoms with Crippen molar-refractivity contribution in [2.24, 2.45) is 5.92 Å². The summed E-state index contributed by atoms with van der Waals surface area (Å²) < 4.78 is 0. The van der Waals surface area contributed by atoms with Crippen LogP contribution in [-0.2, 0) is 9.59 Å². The van der Waals surface area contributed by atoms with Gasteiger partial charge < -0.3 is 10.2 Å². The number of rotatable bonds is 17. The van der Waals surface area contributed by atoms with E-state index < -0.39 is 55.1 Å². The van der Waals surface area contributed by atoms with E-state index in [9.17, 15) is 60.3 Å². The van der Waals surface area contributed by atoms with E-state index >= 15 is 0 Å². The molecule has 0 aliphatic carbocycles. The second-order valence-corrected chi connectivity index (χ2v) is 11.6. The summed E-state index contributed by atoms with van der Waals surface area (Å²) in [5, 5.41) is 64.2. The Labute approximate surface area is 282 Å². The summed E-state index contributed by atoms with van der Waals surface area (Å²) in [4.78, 5) is 65.0. The molecule has 0 bridgehead atoms. The van der Waals surface area contributed by atoms with Crippen LogP contribution in [0.5, 0.6) is 0 Å². The van der Waals surface area contributed by atoms with Gasteiger partial charge in [0.1, 0.15) is 9.85 Å². The van der Waals surface area contributed by atoms with Gasteiger partial charge in [-0.05, 0) is 49.7 Å². The van der Waals surface area contributed by atoms with Crippen LogP contribution in [0.4, 0.5) is 11.4 Å². The summed E-state index contributed by atoms with van der Waals surface area (Å²) in [6.45, 7) is 10.3. The number of non-ortho nitro benzene ring substituents is 1. The van der Waals surface area contributed by atoms with Gasteiger partial charge in [-0.3, -0.25) is 40.5 Å². The maximum atomic E-state index is 11.9. The molecule has 2 rings (SSSR count). The predicted octanol–water partition coefficient (Wildman–Crippen LogP) is 7.91. The van der Waals surface area contributed by atoms with Gasteiger partial charge in [0.05, 0.1) is 38.2 Å². The van der Waals surface area contributed by atoms with Crippen LogP contribution >= 0.6 is 0 Å². The zero-order valence-electron chi connectivity index (χ0n) is 28.3. The molecule has 2 aromatic rings. The molecule has 0 aliphatic heterocycles. The molecule has 0 saturated heterocycles. The summed E-state index contributed by atoms with van der Waals surface area (Å²) in [5.41, 5.74) is -0.927. The fourth-order valence-corrected chi connectivity index (χ4v) is 5.32. The van der Waals surface area contributed by atoms with Crippen LogP contribution in [0.3, 0.4) is 0 Å². The molecule has 0 fully saturated rings. The van der Waals surface area contributed by atoms with Crippen LogP contribution in [0.2, 0.25) is 0 Å². The first-order valence-corrected chi connectivity index (χ1v) is 15.6. The summed E-state index contributed by atoms with van der Waals surface area (Å²) in [6.07, 6.45) is 2.35. The number of aliphatic carboxylic acids is 2. The number of hydrogen-bond donors (Lipinski definition) is 2. The van der Waals surface area contributed by atoms with Gasteiger partial charge in [-0.15, -0.1) is 0 Å². The van der Waals surface area contributed by atoms with Crippen molar-refractivity contribution in [3.63, 3.8) is 0 Å². The van der Waals surface area contributed by atoms with Gasteiger partial charge in [0.25, 0.3) is 11.4 Å². The Bertz CT molecular complexity index is 1600. The topological polar surface area (TPSA) is 247 Å². The monoisotopic (exact) mass is 686 g/mol. The molecule has 266 valence electrons. The van der Waals surface area contributed by atoms with Crippen LogP contribution in [-0.4, -0.2) is 48.0 Å². The zero-order chi connectivity index (χ0) is 37.6. The third kappa shape index (κ3) is 11.3. The SMILES string of the molecule is CCC(C)c1cc([N+](=O)[O-])cc([N+](=O)[O-])c1C(C(=O)O)=C(C)C.CCCCCCC(C)/C(=C(\C(=O)O)c1ccccc1)C([N+](=O)[O-])[N+](=O)[O-]. The van der Waals surface area contributed by atoms with E-state index in [0.29, 0.717) is 24.0 Å². The van der Waals surface area contributed by atoms with Crippen LogP contribution in [0.25, 0.3) is 11.1 Å². The Balaban J connectivity index is 0.000000494. The first-order chi connectivity index (χ1) is 22.9. The minimum absolute atomic E-state index is 0.0533. The number of nitrogens with zero attached hydrogens (tertiary/aromatic N) is 4. The molecule has 0 aromatic heterocycles. The molecule has 49 heavy (non-hydrogen) atoms. The highest BCUT2D eigenvalue weighted by atomic mass is 16.7. The van der Waals surface area contributed by atoms with Crippen LogP contribution in [0.15, 0.2) is 53.6 Å². The fraction of sp³-hybridized carbons (Fsp3) is 0.455. The minimum atomic E-state index is -2.28. The zero-order valence-corrected chi connectivity index (χ0v) is 28.3. The van der Waals surface area contributed by atoms with Crippen molar-refractivity contribution in [2.75, 3.05) is 0 Å². The highest BCUT2D eigenvalue weighted by Crippen LogP contribution is 2.39. The van der Waals surface area contributed by atoms with Crippen molar-refractivity contribution in [2.45, 2.75) is 92.2 Å². The van der Waals surface area contributed by atoms with E-state index in [0.717, 1.165) is 31.7 Å². The van der Waals surface area contributed by atoms with E-state index in [1.165, 1.54) is 32.0 Å². The molecule has 0 amide bonds. The van der Waals surface area contributed by atoms with Crippen molar-refractivity contribution in [3.8, 4) is 0 Å². The Morgan fingerprint density at radius 3 is 1.73 bits per heavy atom. The van der Waals surface area contributed by atoms with Gasteiger partial charge >= 0.3 is 18.1 Å². The molecule has 2 atom stereocenters. The van der Waals surface area contributed by atoms with E-state index in [1.54, 1.807) is 32.0 Å². The molecule has 0 aliphatic rings. The molecule has 2 unspecified atom stereocenters. The average Bonchev–Trinajstić information content (AvgIpc) is 3.02. The number of allylic oxidation sites excluding steroid dienone is 1. The summed E-state index contributed by atoms with van der Waals surface area (Å²) in [5.74, 6) is -3.57. The number of carboxylic acids is 2. The molecule has 16 nitrogen and oxygen atoms in total. The predicted molar refractivity (Wildman–Crippen MR) is 181 cm³/mol. The molecular formula is C33H42N4O12. The molecule has 0 saturated carbocycles. The third-order valence-electron chi connectivity index (χ3n) is 7.91. The lowest BCUT2D eigenvalue weighted by Gasteiger charge is -2.18. The number of carboxylic acid groups (broad SMARTS) is 2. The normalized spacial score (nSPS) is 12.5. The average molecular weight is 687 g/mol. The highest BCUT2D eigenvalue weighted by molar-refractivity contribution is 6.18. The standard InChI is InChI=1S/C18H24N2O6.C15H18N2O6/c1-3-4-5-7-10-13(2)15(17(19(23)24)20(25)26)16(18(21)22)14-11-8-6-9-12-14;1-5-9(4)11-6-10(16(20)21)7-12(17(22)23)14(11)13(8(2)3)15(18)19/h6,8-9,11-13,17H,3-5,7,10H2,1-2H3,(H,21,22);6-7,9H,5H2,1-4H3,(H,18,19)/b16-15+;. The minimum Gasteiger partial charge on any atom is -0.478 e. The lowest BCUT2D eigenvalue weighted by atomic mass is 9.86. The molecular weight excluding hydrogens is 644 g/mol. The number of nitro groups is 4. The van der Waals surface area contributed by atoms with Crippen molar-refractivity contribution in [1.29, 1.82) is 0 Å². The first-order valence-electron chi connectivity index (χ1n) is 15.6. The maximum absolute atomic E-state index is 11.9. The number of benzene rings is 2. The van der Waals surface area contributed by atoms with Gasteiger partial charge in [-0.25, -0.2) is 9.59 Å². The number of hydrogen-bond acceptors (Lipinski definition) is 10. The summed E-state index contributed by atoms with van der Waals surface area (Å²) >= 11 is 0. The highest BCUT2D eigenvalue weighted by Gasteiger charge is 2.43. The van der Waals surface area contributed by atoms with Crippen LogP contribution in [0, 0.1) is 46.4 Å². The smallest absolute Gasteiger partial charge is 0.474 e. The van der Waals surface area contributed by atoms with E-state index in [4.69, 9.17) is 0 Å². The van der Waals surface area contributed by atoms with Gasteiger partial charge in [0, 0.05) is 6.07 Å². The number of carbonyl (C=O) groups is 2. The third-order valence-corrected chi connectivity index (χ3v) is 7.91. The molecule has 2 aromatic carbocycles. The van der Waals surface area contributed by atoms with Crippen molar-refractivity contribution < 1.29 is 39.5 Å². The lowest BCUT2D eigenvalue weighted by Crippen LogP contribution is -2.35. The van der Waals surface area contributed by atoms with Crippen molar-refractivity contribution in [3.05, 3.63) is 111 Å². The fourth-order valence-electron chi connectivity index (χ4n) is 5.32. The van der Waals surface area contributed by atoms with Gasteiger partial charge in [0.15, 0.2) is 0 Å². The Morgan fingerprint density at radius 2 is 1.33 bits per heavy atom. The van der Waals surface area contributed by atoms with Crippen molar-refractivity contribution >= 4 is 34.5 Å². The van der Waals surface area contributed by atoms with Gasteiger partial charge in [-0.1, -0.05) is 89.3 Å². The number of unbranched alkanes of at least 4 members (excludes halogenated alkanes) is 3. The Hall–Kier alpha value is -5.54. The first kappa shape index (κ1) is 41.5. The van der Waals surface area contributed by atoms with Crippen LogP contribution < -0.4 is 0 Å². The van der Waals surface area contributed by atoms with E-state index in [2.05, 4.69) is 0 Å². The van der Waals surface area contributed by atoms with Crippen molar-refractivity contribution in [1.82, 2.24) is 0 Å². The molecule has 2 N–H and O–H groups in total. The second-order valence-electron chi connectivity index (χ2n) is 11.6. The Morgan fingerprint density at radius 1 is 0.776 bits per heavy atom. The quantitative estimate of drug-likeness (QED) is 0.0529. The second kappa shape index (κ2) is 19.3. The van der Waals surface area contributed by atoms with Gasteiger partial charge in [-0.2, -0.15) is 0 Å². The number of nitro benzene ring substituents is 2. The summed E-state index contributed by atoms with van der Waals surface area (Å²) in [7, 11) is 0. The lowest BCUT2D eigenvalue weighted by molar-refractivity contribution is -0.731. The summed E-state index contributed by atoms with van der Waals surface area (Å²) in [6, 6.07) is 9.88. The molecule has 16 heteroatoms. The molecule has 0 heterocycles. The maximum Gasteiger partial charge on any atom is 0.474 e. The Kier molecular flexibility index (Phi) is 16.4. The molecule has 0 spiro atoms. The van der Waals surface area contributed by atoms with E-state index in [1.807, 2.05) is 13.8 Å². The largest absolute Gasteiger partial charge is 0.478 e. The van der Waals surface area contributed by atoms with Gasteiger partial charge in [0.2, 0.25) is 0 Å². The van der Waals surface area contributed by atoms with Crippen LogP contribution in [0.1, 0.15) is 103 Å². The van der Waals surface area contributed by atoms with E-state index in [-0.39, 0.29) is 33.8 Å². The molecule has 0 radical (unpaired) electrons.